The van der Waals surface area contributed by atoms with E-state index in [4.69, 9.17) is 15.4 Å². The van der Waals surface area contributed by atoms with Crippen LogP contribution in [-0.2, 0) is 9.05 Å². The summed E-state index contributed by atoms with van der Waals surface area (Å²) in [4.78, 5) is 4.09. The molecule has 0 saturated heterocycles. The van der Waals surface area contributed by atoms with Crippen LogP contribution in [-0.4, -0.2) is 25.8 Å². The van der Waals surface area contributed by atoms with Gasteiger partial charge in [0.2, 0.25) is 9.05 Å². The van der Waals surface area contributed by atoms with Crippen LogP contribution in [0.1, 0.15) is 19.0 Å². The summed E-state index contributed by atoms with van der Waals surface area (Å²) in [6, 6.07) is 3.59. The van der Waals surface area contributed by atoms with Gasteiger partial charge in [0, 0.05) is 22.8 Å². The Balaban J connectivity index is 2.57. The number of hydrogen-bond donors (Lipinski definition) is 0. The van der Waals surface area contributed by atoms with E-state index in [2.05, 4.69) is 4.98 Å². The summed E-state index contributed by atoms with van der Waals surface area (Å²) in [5.41, 5.74) is 0.788. The minimum atomic E-state index is -3.47. The molecule has 1 rings (SSSR count). The van der Waals surface area contributed by atoms with Gasteiger partial charge < -0.3 is 4.74 Å². The molecule has 1 unspecified atom stereocenters. The zero-order valence-electron chi connectivity index (χ0n) is 9.89. The second kappa shape index (κ2) is 6.21. The minimum absolute atomic E-state index is 0.0651. The van der Waals surface area contributed by atoms with Crippen LogP contribution < -0.4 is 4.74 Å². The molecule has 0 fully saturated rings. The monoisotopic (exact) mass is 277 g/mol. The number of rotatable bonds is 6. The molecule has 0 saturated carbocycles. The summed E-state index contributed by atoms with van der Waals surface area (Å²) in [5, 5.41) is 0. The van der Waals surface area contributed by atoms with E-state index in [9.17, 15) is 8.42 Å². The standard InChI is InChI=1S/C11H16ClNO3S/c1-3-10(8-17(12,14)15)7-16-11-5-4-6-13-9(11)2/h4-6,10H,3,7-8H2,1-2H3. The van der Waals surface area contributed by atoms with E-state index in [0.717, 1.165) is 5.69 Å². The molecule has 0 bridgehead atoms. The van der Waals surface area contributed by atoms with Crippen molar-refractivity contribution < 1.29 is 13.2 Å². The fraction of sp³-hybridized carbons (Fsp3) is 0.545. The first-order chi connectivity index (χ1) is 7.92. The van der Waals surface area contributed by atoms with E-state index in [1.54, 1.807) is 12.3 Å². The van der Waals surface area contributed by atoms with Crippen molar-refractivity contribution in [2.45, 2.75) is 20.3 Å². The van der Waals surface area contributed by atoms with Crippen molar-refractivity contribution >= 4 is 19.7 Å². The van der Waals surface area contributed by atoms with Crippen LogP contribution in [0.3, 0.4) is 0 Å². The summed E-state index contributed by atoms with van der Waals surface area (Å²) in [5.74, 6) is 0.514. The average molecular weight is 278 g/mol. The molecule has 1 aromatic rings. The summed E-state index contributed by atoms with van der Waals surface area (Å²) in [6.07, 6.45) is 2.38. The van der Waals surface area contributed by atoms with Crippen molar-refractivity contribution in [3.63, 3.8) is 0 Å². The zero-order chi connectivity index (χ0) is 12.9. The molecule has 0 aromatic carbocycles. The van der Waals surface area contributed by atoms with Gasteiger partial charge in [-0.25, -0.2) is 8.42 Å². The molecular formula is C11H16ClNO3S. The number of nitrogens with zero attached hydrogens (tertiary/aromatic N) is 1. The smallest absolute Gasteiger partial charge is 0.232 e. The van der Waals surface area contributed by atoms with E-state index in [0.29, 0.717) is 18.8 Å². The van der Waals surface area contributed by atoms with Gasteiger partial charge in [-0.15, -0.1) is 0 Å². The highest BCUT2D eigenvalue weighted by atomic mass is 35.7. The zero-order valence-corrected chi connectivity index (χ0v) is 11.5. The third-order valence-electron chi connectivity index (χ3n) is 2.45. The first-order valence-electron chi connectivity index (χ1n) is 5.39. The van der Waals surface area contributed by atoms with E-state index in [1.807, 2.05) is 19.9 Å². The second-order valence-corrected chi connectivity index (χ2v) is 6.70. The number of aromatic nitrogens is 1. The molecule has 1 aromatic heterocycles. The van der Waals surface area contributed by atoms with Gasteiger partial charge in [0.25, 0.3) is 0 Å². The Morgan fingerprint density at radius 1 is 1.53 bits per heavy atom. The van der Waals surface area contributed by atoms with Crippen LogP contribution in [0, 0.1) is 12.8 Å². The Morgan fingerprint density at radius 2 is 2.24 bits per heavy atom. The molecule has 0 radical (unpaired) electrons. The number of ether oxygens (including phenoxy) is 1. The lowest BCUT2D eigenvalue weighted by molar-refractivity contribution is 0.255. The molecule has 0 spiro atoms. The normalized spacial score (nSPS) is 13.4. The predicted molar refractivity (Wildman–Crippen MR) is 67.9 cm³/mol. The number of halogens is 1. The molecule has 17 heavy (non-hydrogen) atoms. The Hall–Kier alpha value is -0.810. The Bertz CT molecular complexity index is 462. The van der Waals surface area contributed by atoms with E-state index >= 15 is 0 Å². The Morgan fingerprint density at radius 3 is 2.76 bits per heavy atom. The number of aryl methyl sites for hydroxylation is 1. The molecule has 0 amide bonds. The van der Waals surface area contributed by atoms with E-state index in [1.165, 1.54) is 0 Å². The maximum atomic E-state index is 11.0. The van der Waals surface area contributed by atoms with Crippen LogP contribution in [0.25, 0.3) is 0 Å². The summed E-state index contributed by atoms with van der Waals surface area (Å²) in [7, 11) is 1.75. The highest BCUT2D eigenvalue weighted by molar-refractivity contribution is 8.13. The lowest BCUT2D eigenvalue weighted by Crippen LogP contribution is -2.19. The van der Waals surface area contributed by atoms with Crippen LogP contribution >= 0.6 is 10.7 Å². The average Bonchev–Trinajstić information content (AvgIpc) is 2.24. The summed E-state index contributed by atoms with van der Waals surface area (Å²) in [6.45, 7) is 4.08. The maximum absolute atomic E-state index is 11.0. The van der Waals surface area contributed by atoms with Crippen molar-refractivity contribution in [2.75, 3.05) is 12.4 Å². The van der Waals surface area contributed by atoms with Gasteiger partial charge in [-0.05, 0) is 25.5 Å². The van der Waals surface area contributed by atoms with E-state index < -0.39 is 9.05 Å². The molecule has 6 heteroatoms. The molecule has 0 N–H and O–H groups in total. The van der Waals surface area contributed by atoms with Gasteiger partial charge in [0.05, 0.1) is 18.1 Å². The molecule has 1 heterocycles. The number of hydrogen-bond acceptors (Lipinski definition) is 4. The van der Waals surface area contributed by atoms with Crippen LogP contribution in [0.2, 0.25) is 0 Å². The van der Waals surface area contributed by atoms with Gasteiger partial charge in [0.1, 0.15) is 5.75 Å². The molecule has 4 nitrogen and oxygen atoms in total. The third-order valence-corrected chi connectivity index (χ3v) is 3.69. The quantitative estimate of drug-likeness (QED) is 0.749. The summed E-state index contributed by atoms with van der Waals surface area (Å²) >= 11 is 0. The lowest BCUT2D eigenvalue weighted by Gasteiger charge is -2.15. The minimum Gasteiger partial charge on any atom is -0.491 e. The first-order valence-corrected chi connectivity index (χ1v) is 7.87. The lowest BCUT2D eigenvalue weighted by atomic mass is 10.1. The molecule has 96 valence electrons. The topological polar surface area (TPSA) is 56.3 Å². The van der Waals surface area contributed by atoms with Gasteiger partial charge in [-0.1, -0.05) is 6.92 Å². The molecule has 1 atom stereocenters. The highest BCUT2D eigenvalue weighted by Gasteiger charge is 2.16. The van der Waals surface area contributed by atoms with Crippen LogP contribution in [0.5, 0.6) is 5.75 Å². The van der Waals surface area contributed by atoms with Crippen molar-refractivity contribution in [1.82, 2.24) is 4.98 Å². The van der Waals surface area contributed by atoms with Gasteiger partial charge in [-0.3, -0.25) is 4.98 Å². The predicted octanol–water partition coefficient (Wildman–Crippen LogP) is 2.36. The van der Waals surface area contributed by atoms with Crippen molar-refractivity contribution in [3.8, 4) is 5.75 Å². The maximum Gasteiger partial charge on any atom is 0.232 e. The molecule has 0 aliphatic carbocycles. The summed E-state index contributed by atoms with van der Waals surface area (Å²) < 4.78 is 27.5. The van der Waals surface area contributed by atoms with Crippen LogP contribution in [0.4, 0.5) is 0 Å². The number of pyridine rings is 1. The highest BCUT2D eigenvalue weighted by Crippen LogP contribution is 2.17. The van der Waals surface area contributed by atoms with Crippen LogP contribution in [0.15, 0.2) is 18.3 Å². The Kier molecular flexibility index (Phi) is 5.21. The molecule has 0 aliphatic rings. The van der Waals surface area contributed by atoms with Crippen molar-refractivity contribution in [3.05, 3.63) is 24.0 Å². The fourth-order valence-electron chi connectivity index (χ4n) is 1.40. The van der Waals surface area contributed by atoms with Gasteiger partial charge in [0.15, 0.2) is 0 Å². The molecule has 0 aliphatic heterocycles. The third kappa shape index (κ3) is 5.37. The van der Waals surface area contributed by atoms with Crippen molar-refractivity contribution in [1.29, 1.82) is 0 Å². The second-order valence-electron chi connectivity index (χ2n) is 3.88. The SMILES string of the molecule is CCC(COc1cccnc1C)CS(=O)(=O)Cl. The van der Waals surface area contributed by atoms with Crippen molar-refractivity contribution in [2.24, 2.45) is 5.92 Å². The van der Waals surface area contributed by atoms with E-state index in [-0.39, 0.29) is 11.7 Å². The van der Waals surface area contributed by atoms with Gasteiger partial charge >= 0.3 is 0 Å². The fourth-order valence-corrected chi connectivity index (χ4v) is 2.82. The van der Waals surface area contributed by atoms with Gasteiger partial charge in [-0.2, -0.15) is 0 Å². The largest absolute Gasteiger partial charge is 0.491 e. The molecular weight excluding hydrogens is 262 g/mol. The Labute approximate surface area is 106 Å². The first kappa shape index (κ1) is 14.3.